The molecule has 0 spiro atoms. The first-order valence-electron chi connectivity index (χ1n) is 5.82. The molecule has 0 unspecified atom stereocenters. The van der Waals surface area contributed by atoms with Gasteiger partial charge < -0.3 is 5.11 Å². The third-order valence-electron chi connectivity index (χ3n) is 2.80. The number of hydrogen-bond acceptors (Lipinski definition) is 3. The Hall–Kier alpha value is -1.68. The van der Waals surface area contributed by atoms with E-state index in [0.717, 1.165) is 11.3 Å². The number of aliphatic hydroxyl groups excluding tert-OH is 1. The van der Waals surface area contributed by atoms with Crippen LogP contribution in [0.4, 0.5) is 0 Å². The highest BCUT2D eigenvalue weighted by Crippen LogP contribution is 2.21. The van der Waals surface area contributed by atoms with E-state index in [4.69, 9.17) is 5.11 Å². The molecular weight excluding hydrogens is 214 g/mol. The minimum Gasteiger partial charge on any atom is -0.394 e. The minimum absolute atomic E-state index is 0.0699. The Morgan fingerprint density at radius 2 is 1.94 bits per heavy atom. The van der Waals surface area contributed by atoms with Gasteiger partial charge in [-0.05, 0) is 11.5 Å². The van der Waals surface area contributed by atoms with Crippen LogP contribution in [0.15, 0.2) is 30.5 Å². The van der Waals surface area contributed by atoms with Gasteiger partial charge in [0.25, 0.3) is 0 Å². The first-order chi connectivity index (χ1) is 8.22. The molecule has 2 rings (SSSR count). The van der Waals surface area contributed by atoms with Crippen molar-refractivity contribution < 1.29 is 5.11 Å². The van der Waals surface area contributed by atoms with Crippen LogP contribution in [0.2, 0.25) is 0 Å². The summed E-state index contributed by atoms with van der Waals surface area (Å²) in [4.78, 5) is 0. The van der Waals surface area contributed by atoms with Gasteiger partial charge in [-0.15, -0.1) is 5.10 Å². The molecule has 0 bridgehead atoms. The van der Waals surface area contributed by atoms with Crippen molar-refractivity contribution in [2.24, 2.45) is 0 Å². The fraction of sp³-hybridized carbons (Fsp3) is 0.385. The average molecular weight is 231 g/mol. The van der Waals surface area contributed by atoms with Gasteiger partial charge in [-0.3, -0.25) is 0 Å². The normalized spacial score (nSPS) is 11.1. The zero-order valence-electron chi connectivity index (χ0n) is 10.2. The van der Waals surface area contributed by atoms with Gasteiger partial charge in [-0.25, -0.2) is 4.68 Å². The summed E-state index contributed by atoms with van der Waals surface area (Å²) >= 11 is 0. The molecule has 1 aromatic heterocycles. The summed E-state index contributed by atoms with van der Waals surface area (Å²) < 4.78 is 1.71. The minimum atomic E-state index is 0.0699. The van der Waals surface area contributed by atoms with E-state index in [1.54, 1.807) is 10.9 Å². The molecule has 0 atom stereocenters. The topological polar surface area (TPSA) is 50.9 Å². The van der Waals surface area contributed by atoms with Crippen molar-refractivity contribution in [1.82, 2.24) is 15.0 Å². The number of hydrogen-bond donors (Lipinski definition) is 1. The Morgan fingerprint density at radius 1 is 1.24 bits per heavy atom. The summed E-state index contributed by atoms with van der Waals surface area (Å²) in [6.07, 6.45) is 1.72. The molecule has 0 amide bonds. The first kappa shape index (κ1) is 11.8. The predicted octanol–water partition coefficient (Wildman–Crippen LogP) is 2.06. The van der Waals surface area contributed by atoms with Gasteiger partial charge in [0.2, 0.25) is 0 Å². The summed E-state index contributed by atoms with van der Waals surface area (Å²) in [5.41, 5.74) is 3.33. The summed E-state index contributed by atoms with van der Waals surface area (Å²) in [5, 5.41) is 16.8. The van der Waals surface area contributed by atoms with Crippen LogP contribution in [0.3, 0.4) is 0 Å². The molecule has 90 valence electrons. The van der Waals surface area contributed by atoms with Crippen molar-refractivity contribution in [3.63, 3.8) is 0 Å². The second kappa shape index (κ2) is 5.10. The van der Waals surface area contributed by atoms with Crippen LogP contribution < -0.4 is 0 Å². The third kappa shape index (κ3) is 2.53. The van der Waals surface area contributed by atoms with Crippen molar-refractivity contribution in [1.29, 1.82) is 0 Å². The Bertz CT molecular complexity index is 474. The quantitative estimate of drug-likeness (QED) is 0.876. The van der Waals surface area contributed by atoms with Gasteiger partial charge in [0, 0.05) is 5.56 Å². The van der Waals surface area contributed by atoms with E-state index in [-0.39, 0.29) is 6.61 Å². The lowest BCUT2D eigenvalue weighted by Crippen LogP contribution is -2.05. The van der Waals surface area contributed by atoms with Crippen molar-refractivity contribution >= 4 is 0 Å². The van der Waals surface area contributed by atoms with Gasteiger partial charge in [0.05, 0.1) is 25.0 Å². The molecule has 0 radical (unpaired) electrons. The fourth-order valence-electron chi connectivity index (χ4n) is 1.78. The highest BCUT2D eigenvalue weighted by Gasteiger charge is 2.06. The SMILES string of the molecule is CC(C)c1ccc(-c2cnnn2CCO)cc1. The van der Waals surface area contributed by atoms with E-state index in [1.807, 2.05) is 0 Å². The molecule has 0 aliphatic carbocycles. The van der Waals surface area contributed by atoms with E-state index in [0.29, 0.717) is 12.5 Å². The second-order valence-electron chi connectivity index (χ2n) is 4.34. The maximum atomic E-state index is 8.94. The molecule has 0 aliphatic heterocycles. The lowest BCUT2D eigenvalue weighted by atomic mass is 10.0. The van der Waals surface area contributed by atoms with Gasteiger partial charge in [0.15, 0.2) is 0 Å². The van der Waals surface area contributed by atoms with Gasteiger partial charge in [0.1, 0.15) is 0 Å². The Morgan fingerprint density at radius 3 is 2.53 bits per heavy atom. The van der Waals surface area contributed by atoms with E-state index in [1.165, 1.54) is 5.56 Å². The zero-order chi connectivity index (χ0) is 12.3. The highest BCUT2D eigenvalue weighted by molar-refractivity contribution is 5.58. The predicted molar refractivity (Wildman–Crippen MR) is 66.6 cm³/mol. The summed E-state index contributed by atoms with van der Waals surface area (Å²) in [7, 11) is 0. The van der Waals surface area contributed by atoms with E-state index in [2.05, 4.69) is 48.4 Å². The molecule has 1 heterocycles. The van der Waals surface area contributed by atoms with E-state index < -0.39 is 0 Å². The van der Waals surface area contributed by atoms with Crippen molar-refractivity contribution in [2.45, 2.75) is 26.3 Å². The Labute approximate surface area is 101 Å². The maximum absolute atomic E-state index is 8.94. The summed E-state index contributed by atoms with van der Waals surface area (Å²) in [5.74, 6) is 0.532. The van der Waals surface area contributed by atoms with Crippen molar-refractivity contribution in [3.05, 3.63) is 36.0 Å². The van der Waals surface area contributed by atoms with Crippen molar-refractivity contribution in [3.8, 4) is 11.3 Å². The standard InChI is InChI=1S/C13H17N3O/c1-10(2)11-3-5-12(6-4-11)13-9-14-15-16(13)7-8-17/h3-6,9-10,17H,7-8H2,1-2H3. The van der Waals surface area contributed by atoms with Gasteiger partial charge >= 0.3 is 0 Å². The zero-order valence-corrected chi connectivity index (χ0v) is 10.2. The summed E-state index contributed by atoms with van der Waals surface area (Å²) in [6, 6.07) is 8.39. The number of aromatic nitrogens is 3. The van der Waals surface area contributed by atoms with Gasteiger partial charge in [-0.2, -0.15) is 0 Å². The van der Waals surface area contributed by atoms with Crippen LogP contribution in [0.5, 0.6) is 0 Å². The second-order valence-corrected chi connectivity index (χ2v) is 4.34. The molecule has 1 N–H and O–H groups in total. The molecule has 2 aromatic rings. The molecule has 0 aliphatic rings. The smallest absolute Gasteiger partial charge is 0.0886 e. The Balaban J connectivity index is 2.30. The monoisotopic (exact) mass is 231 g/mol. The lowest BCUT2D eigenvalue weighted by Gasteiger charge is -2.07. The summed E-state index contributed by atoms with van der Waals surface area (Å²) in [6.45, 7) is 4.89. The average Bonchev–Trinajstić information content (AvgIpc) is 2.78. The number of nitrogens with zero attached hydrogens (tertiary/aromatic N) is 3. The largest absolute Gasteiger partial charge is 0.394 e. The first-order valence-corrected chi connectivity index (χ1v) is 5.82. The molecular formula is C13H17N3O. The van der Waals surface area contributed by atoms with E-state index in [9.17, 15) is 0 Å². The van der Waals surface area contributed by atoms with Crippen LogP contribution in [0.1, 0.15) is 25.3 Å². The molecule has 0 fully saturated rings. The van der Waals surface area contributed by atoms with Crippen LogP contribution in [-0.4, -0.2) is 26.7 Å². The van der Waals surface area contributed by atoms with E-state index >= 15 is 0 Å². The molecule has 4 nitrogen and oxygen atoms in total. The number of benzene rings is 1. The van der Waals surface area contributed by atoms with Crippen LogP contribution in [0.25, 0.3) is 11.3 Å². The maximum Gasteiger partial charge on any atom is 0.0886 e. The van der Waals surface area contributed by atoms with Crippen LogP contribution in [0, 0.1) is 0 Å². The third-order valence-corrected chi connectivity index (χ3v) is 2.80. The highest BCUT2D eigenvalue weighted by atomic mass is 16.3. The number of aliphatic hydroxyl groups is 1. The molecule has 0 saturated carbocycles. The van der Waals surface area contributed by atoms with Crippen LogP contribution >= 0.6 is 0 Å². The molecule has 1 aromatic carbocycles. The number of rotatable bonds is 4. The molecule has 0 saturated heterocycles. The molecule has 17 heavy (non-hydrogen) atoms. The molecule has 4 heteroatoms. The fourth-order valence-corrected chi connectivity index (χ4v) is 1.78. The lowest BCUT2D eigenvalue weighted by molar-refractivity contribution is 0.269. The van der Waals surface area contributed by atoms with Gasteiger partial charge in [-0.1, -0.05) is 43.3 Å². The van der Waals surface area contributed by atoms with Crippen molar-refractivity contribution in [2.75, 3.05) is 6.61 Å². The Kier molecular flexibility index (Phi) is 3.54. The van der Waals surface area contributed by atoms with Crippen LogP contribution in [-0.2, 0) is 6.54 Å².